The van der Waals surface area contributed by atoms with Gasteiger partial charge in [-0.25, -0.2) is 0 Å². The van der Waals surface area contributed by atoms with E-state index in [1.54, 1.807) is 30.2 Å². The highest BCUT2D eigenvalue weighted by atomic mass is 32.2. The summed E-state index contributed by atoms with van der Waals surface area (Å²) >= 11 is 1.56. The van der Waals surface area contributed by atoms with Crippen LogP contribution in [0.15, 0.2) is 53.9 Å². The maximum absolute atomic E-state index is 12.2. The molecule has 3 rings (SSSR count). The lowest BCUT2D eigenvalue weighted by Crippen LogP contribution is -2.43. The van der Waals surface area contributed by atoms with Gasteiger partial charge in [0.05, 0.1) is 0 Å². The van der Waals surface area contributed by atoms with Crippen LogP contribution < -0.4 is 15.6 Å². The number of aryl methyl sites for hydroxylation is 3. The van der Waals surface area contributed by atoms with Crippen molar-refractivity contribution in [3.63, 3.8) is 0 Å². The maximum atomic E-state index is 12.2. The second-order valence-corrected chi connectivity index (χ2v) is 7.77. The van der Waals surface area contributed by atoms with Gasteiger partial charge < -0.3 is 9.30 Å². The monoisotopic (exact) mass is 425 g/mol. The quantitative estimate of drug-likeness (QED) is 0.446. The van der Waals surface area contributed by atoms with Gasteiger partial charge >= 0.3 is 0 Å². The molecule has 0 aliphatic rings. The van der Waals surface area contributed by atoms with Crippen LogP contribution in [-0.2, 0) is 17.6 Å². The summed E-state index contributed by atoms with van der Waals surface area (Å²) in [6.07, 6.45) is 1.65. The topological polar surface area (TPSA) is 98.1 Å². The average Bonchev–Trinajstić information content (AvgIpc) is 3.13. The Kier molecular flexibility index (Phi) is 7.08. The van der Waals surface area contributed by atoms with Crippen molar-refractivity contribution in [2.45, 2.75) is 24.8 Å². The van der Waals surface area contributed by atoms with E-state index in [1.807, 2.05) is 55.8 Å². The van der Waals surface area contributed by atoms with Gasteiger partial charge in [-0.1, -0.05) is 30.0 Å². The molecule has 0 saturated heterocycles. The fourth-order valence-corrected chi connectivity index (χ4v) is 3.55. The molecule has 0 bridgehead atoms. The summed E-state index contributed by atoms with van der Waals surface area (Å²) in [6, 6.07) is 12.9. The molecule has 0 spiro atoms. The molecule has 0 saturated carbocycles. The molecule has 8 nitrogen and oxygen atoms in total. The van der Waals surface area contributed by atoms with Crippen molar-refractivity contribution in [3.05, 3.63) is 71.0 Å². The fourth-order valence-electron chi connectivity index (χ4n) is 2.70. The molecule has 1 heterocycles. The normalized spacial score (nSPS) is 10.5. The SMILES string of the molecule is Cc1cc(C)cc(OCC(=O)NNC(=O)c2ccc(CSc3nncn3C)cc2)c1. The van der Waals surface area contributed by atoms with Gasteiger partial charge in [0, 0.05) is 18.4 Å². The summed E-state index contributed by atoms with van der Waals surface area (Å²) in [6.45, 7) is 3.72. The second-order valence-electron chi connectivity index (χ2n) is 6.82. The van der Waals surface area contributed by atoms with Crippen molar-refractivity contribution in [3.8, 4) is 5.75 Å². The third-order valence-corrected chi connectivity index (χ3v) is 5.24. The number of aromatic nitrogens is 3. The number of rotatable bonds is 7. The lowest BCUT2D eigenvalue weighted by Gasteiger charge is -2.10. The van der Waals surface area contributed by atoms with Crippen LogP contribution in [-0.4, -0.2) is 33.2 Å². The minimum Gasteiger partial charge on any atom is -0.484 e. The van der Waals surface area contributed by atoms with Gasteiger partial charge in [0.1, 0.15) is 12.1 Å². The van der Waals surface area contributed by atoms with Gasteiger partial charge in [-0.05, 0) is 54.8 Å². The zero-order chi connectivity index (χ0) is 21.5. The van der Waals surface area contributed by atoms with Crippen LogP contribution in [0, 0.1) is 13.8 Å². The van der Waals surface area contributed by atoms with Crippen molar-refractivity contribution in [2.24, 2.45) is 7.05 Å². The van der Waals surface area contributed by atoms with Crippen LogP contribution in [0.1, 0.15) is 27.0 Å². The molecule has 0 atom stereocenters. The van der Waals surface area contributed by atoms with E-state index in [-0.39, 0.29) is 6.61 Å². The minimum absolute atomic E-state index is 0.193. The number of carbonyl (C=O) groups excluding carboxylic acids is 2. The average molecular weight is 426 g/mol. The first-order valence-electron chi connectivity index (χ1n) is 9.27. The molecule has 2 aromatic carbocycles. The molecule has 2 N–H and O–H groups in total. The smallest absolute Gasteiger partial charge is 0.276 e. The van der Waals surface area contributed by atoms with E-state index < -0.39 is 11.8 Å². The molecular formula is C21H23N5O3S. The molecule has 0 unspecified atom stereocenters. The van der Waals surface area contributed by atoms with Crippen LogP contribution in [0.4, 0.5) is 0 Å². The van der Waals surface area contributed by atoms with Gasteiger partial charge in [0.15, 0.2) is 11.8 Å². The van der Waals surface area contributed by atoms with Crippen molar-refractivity contribution in [2.75, 3.05) is 6.61 Å². The number of nitrogens with one attached hydrogen (secondary N) is 2. The number of ether oxygens (including phenoxy) is 1. The molecule has 30 heavy (non-hydrogen) atoms. The lowest BCUT2D eigenvalue weighted by molar-refractivity contribution is -0.123. The largest absolute Gasteiger partial charge is 0.484 e. The number of carbonyl (C=O) groups is 2. The number of hydrogen-bond donors (Lipinski definition) is 2. The summed E-state index contributed by atoms with van der Waals surface area (Å²) in [5.41, 5.74) is 8.35. The third-order valence-electron chi connectivity index (χ3n) is 4.13. The molecule has 0 fully saturated rings. The van der Waals surface area contributed by atoms with E-state index in [2.05, 4.69) is 21.0 Å². The molecule has 9 heteroatoms. The summed E-state index contributed by atoms with van der Waals surface area (Å²) in [4.78, 5) is 24.2. The van der Waals surface area contributed by atoms with Gasteiger partial charge in [-0.15, -0.1) is 10.2 Å². The zero-order valence-corrected chi connectivity index (χ0v) is 17.8. The van der Waals surface area contributed by atoms with Crippen LogP contribution >= 0.6 is 11.8 Å². The highest BCUT2D eigenvalue weighted by molar-refractivity contribution is 7.98. The van der Waals surface area contributed by atoms with Gasteiger partial charge in [0.25, 0.3) is 11.8 Å². The van der Waals surface area contributed by atoms with Gasteiger partial charge in [-0.3, -0.25) is 20.4 Å². The Balaban J connectivity index is 1.43. The highest BCUT2D eigenvalue weighted by Gasteiger charge is 2.09. The molecule has 156 valence electrons. The molecule has 2 amide bonds. The van der Waals surface area contributed by atoms with Crippen LogP contribution in [0.25, 0.3) is 0 Å². The number of amides is 2. The van der Waals surface area contributed by atoms with E-state index in [9.17, 15) is 9.59 Å². The lowest BCUT2D eigenvalue weighted by atomic mass is 10.1. The van der Waals surface area contributed by atoms with E-state index >= 15 is 0 Å². The second kappa shape index (κ2) is 9.93. The first-order valence-corrected chi connectivity index (χ1v) is 10.3. The van der Waals surface area contributed by atoms with Crippen molar-refractivity contribution < 1.29 is 14.3 Å². The Morgan fingerprint density at radius 3 is 2.40 bits per heavy atom. The zero-order valence-electron chi connectivity index (χ0n) is 17.0. The van der Waals surface area contributed by atoms with Gasteiger partial charge in [-0.2, -0.15) is 0 Å². The highest BCUT2D eigenvalue weighted by Crippen LogP contribution is 2.20. The Morgan fingerprint density at radius 2 is 1.77 bits per heavy atom. The van der Waals surface area contributed by atoms with E-state index in [1.165, 1.54) is 0 Å². The Labute approximate surface area is 179 Å². The summed E-state index contributed by atoms with van der Waals surface area (Å²) in [5, 5.41) is 8.68. The molecular weight excluding hydrogens is 402 g/mol. The van der Waals surface area contributed by atoms with Crippen LogP contribution in [0.5, 0.6) is 5.75 Å². The molecule has 0 aliphatic carbocycles. The first kappa shape index (κ1) is 21.4. The molecule has 3 aromatic rings. The molecule has 0 aliphatic heterocycles. The summed E-state index contributed by atoms with van der Waals surface area (Å²) in [7, 11) is 1.89. The van der Waals surface area contributed by atoms with Crippen LogP contribution in [0.2, 0.25) is 0 Å². The Morgan fingerprint density at radius 1 is 1.07 bits per heavy atom. The van der Waals surface area contributed by atoms with Crippen LogP contribution in [0.3, 0.4) is 0 Å². The predicted molar refractivity (Wildman–Crippen MR) is 114 cm³/mol. The summed E-state index contributed by atoms with van der Waals surface area (Å²) < 4.78 is 7.32. The van der Waals surface area contributed by atoms with E-state index in [0.717, 1.165) is 21.8 Å². The Hall–Kier alpha value is -3.33. The number of benzene rings is 2. The standard InChI is InChI=1S/C21H23N5O3S/c1-14-8-15(2)10-18(9-14)29-11-19(27)23-24-20(28)17-6-4-16(5-7-17)12-30-21-25-22-13-26(21)3/h4-10,13H,11-12H2,1-3H3,(H,23,27)(H,24,28). The number of hydrogen-bond acceptors (Lipinski definition) is 6. The minimum atomic E-state index is -0.445. The van der Waals surface area contributed by atoms with E-state index in [4.69, 9.17) is 4.74 Å². The number of nitrogens with zero attached hydrogens (tertiary/aromatic N) is 3. The van der Waals surface area contributed by atoms with Crippen molar-refractivity contribution in [1.29, 1.82) is 0 Å². The number of hydrazine groups is 1. The molecule has 1 aromatic heterocycles. The molecule has 0 radical (unpaired) electrons. The van der Waals surface area contributed by atoms with Crippen molar-refractivity contribution >= 4 is 23.6 Å². The third kappa shape index (κ3) is 6.08. The van der Waals surface area contributed by atoms with Gasteiger partial charge in [0.2, 0.25) is 0 Å². The number of thioether (sulfide) groups is 1. The fraction of sp³-hybridized carbons (Fsp3) is 0.238. The van der Waals surface area contributed by atoms with E-state index in [0.29, 0.717) is 17.1 Å². The predicted octanol–water partition coefficient (Wildman–Crippen LogP) is 2.56. The van der Waals surface area contributed by atoms with Crippen molar-refractivity contribution in [1.82, 2.24) is 25.6 Å². The summed E-state index contributed by atoms with van der Waals surface area (Å²) in [5.74, 6) is 0.478. The Bertz CT molecular complexity index is 1010. The maximum Gasteiger partial charge on any atom is 0.276 e. The first-order chi connectivity index (χ1) is 14.4.